The Balaban J connectivity index is 2.89. The van der Waals surface area contributed by atoms with E-state index in [1.54, 1.807) is 6.92 Å². The van der Waals surface area contributed by atoms with Crippen LogP contribution in [0.2, 0.25) is 5.15 Å². The number of Topliss-reactive ketones (excluding diaryl/α,β-unsaturated/α-hetero) is 1. The van der Waals surface area contributed by atoms with Crippen LogP contribution in [0.1, 0.15) is 22.8 Å². The lowest BCUT2D eigenvalue weighted by molar-refractivity contribution is 0.101. The molecule has 0 amide bonds. The molecule has 0 saturated heterocycles. The van der Waals surface area contributed by atoms with Crippen molar-refractivity contribution in [1.82, 2.24) is 14.6 Å². The predicted molar refractivity (Wildman–Crippen MR) is 57.2 cm³/mol. The number of rotatable bonds is 1. The van der Waals surface area contributed by atoms with Gasteiger partial charge in [0, 0.05) is 5.56 Å². The van der Waals surface area contributed by atoms with Gasteiger partial charge in [0.15, 0.2) is 11.4 Å². The van der Waals surface area contributed by atoms with Crippen LogP contribution in [0.5, 0.6) is 0 Å². The monoisotopic (exact) mass is 224 g/mol. The van der Waals surface area contributed by atoms with E-state index in [9.17, 15) is 4.79 Å². The van der Waals surface area contributed by atoms with E-state index in [2.05, 4.69) is 10.1 Å². The molecule has 5 nitrogen and oxygen atoms in total. The van der Waals surface area contributed by atoms with E-state index in [0.29, 0.717) is 27.7 Å². The van der Waals surface area contributed by atoms with Gasteiger partial charge >= 0.3 is 0 Å². The first-order valence-corrected chi connectivity index (χ1v) is 4.70. The van der Waals surface area contributed by atoms with Gasteiger partial charge in [0.1, 0.15) is 11.0 Å². The van der Waals surface area contributed by atoms with Crippen molar-refractivity contribution < 1.29 is 4.79 Å². The van der Waals surface area contributed by atoms with E-state index in [1.165, 1.54) is 17.6 Å². The van der Waals surface area contributed by atoms with Crippen molar-refractivity contribution in [2.75, 3.05) is 5.73 Å². The molecule has 15 heavy (non-hydrogen) atoms. The van der Waals surface area contributed by atoms with Crippen LogP contribution in [0.3, 0.4) is 0 Å². The lowest BCUT2D eigenvalue weighted by Gasteiger charge is -2.04. The highest BCUT2D eigenvalue weighted by molar-refractivity contribution is 6.30. The molecule has 0 bridgehead atoms. The Kier molecular flexibility index (Phi) is 2.12. The zero-order valence-corrected chi connectivity index (χ0v) is 9.04. The average molecular weight is 225 g/mol. The summed E-state index contributed by atoms with van der Waals surface area (Å²) in [5.74, 6) is 0.286. The fourth-order valence-electron chi connectivity index (χ4n) is 1.32. The van der Waals surface area contributed by atoms with Gasteiger partial charge in [-0.15, -0.1) is 0 Å². The molecule has 0 aromatic carbocycles. The van der Waals surface area contributed by atoms with Crippen LogP contribution >= 0.6 is 11.6 Å². The highest BCUT2D eigenvalue weighted by Crippen LogP contribution is 2.22. The molecule has 2 aromatic rings. The number of carbonyl (C=O) groups is 1. The Morgan fingerprint density at radius 2 is 2.27 bits per heavy atom. The summed E-state index contributed by atoms with van der Waals surface area (Å²) in [6.07, 6.45) is 1.44. The first-order valence-electron chi connectivity index (χ1n) is 4.32. The molecule has 0 saturated carbocycles. The van der Waals surface area contributed by atoms with Gasteiger partial charge in [-0.1, -0.05) is 11.6 Å². The normalized spacial score (nSPS) is 10.9. The predicted octanol–water partition coefficient (Wildman–Crippen LogP) is 1.48. The van der Waals surface area contributed by atoms with Crippen LogP contribution in [0.15, 0.2) is 6.20 Å². The fourth-order valence-corrected chi connectivity index (χ4v) is 1.49. The Morgan fingerprint density at radius 1 is 1.60 bits per heavy atom. The highest BCUT2D eigenvalue weighted by Gasteiger charge is 2.14. The molecule has 78 valence electrons. The van der Waals surface area contributed by atoms with Crippen LogP contribution in [0, 0.1) is 6.92 Å². The number of halogens is 1. The standard InChI is InChI=1S/C9H9ClN4O/c1-4-7(10)13-9-6(5(2)15)3-12-14(9)8(4)11/h3H,11H2,1-2H3. The van der Waals surface area contributed by atoms with E-state index in [4.69, 9.17) is 17.3 Å². The number of ketones is 1. The van der Waals surface area contributed by atoms with Crippen molar-refractivity contribution in [1.29, 1.82) is 0 Å². The molecular formula is C9H9ClN4O. The van der Waals surface area contributed by atoms with Gasteiger partial charge in [0.2, 0.25) is 0 Å². The fraction of sp³-hybridized carbons (Fsp3) is 0.222. The van der Waals surface area contributed by atoms with Crippen molar-refractivity contribution in [2.24, 2.45) is 0 Å². The average Bonchev–Trinajstić information content (AvgIpc) is 2.58. The minimum Gasteiger partial charge on any atom is -0.383 e. The number of nitrogens with zero attached hydrogens (tertiary/aromatic N) is 3. The maximum atomic E-state index is 11.3. The summed E-state index contributed by atoms with van der Waals surface area (Å²) in [5.41, 5.74) is 7.27. The van der Waals surface area contributed by atoms with Crippen molar-refractivity contribution >= 4 is 28.8 Å². The molecule has 6 heteroatoms. The Hall–Kier alpha value is -1.62. The molecule has 2 aromatic heterocycles. The minimum absolute atomic E-state index is 0.114. The van der Waals surface area contributed by atoms with Gasteiger partial charge in [0.25, 0.3) is 0 Å². The van der Waals surface area contributed by atoms with E-state index >= 15 is 0 Å². The summed E-state index contributed by atoms with van der Waals surface area (Å²) in [7, 11) is 0. The molecule has 0 radical (unpaired) electrons. The lowest BCUT2D eigenvalue weighted by Crippen LogP contribution is -2.04. The van der Waals surface area contributed by atoms with Crippen LogP contribution < -0.4 is 5.73 Å². The maximum absolute atomic E-state index is 11.3. The van der Waals surface area contributed by atoms with Gasteiger partial charge in [0.05, 0.1) is 11.8 Å². The quantitative estimate of drug-likeness (QED) is 0.588. The first kappa shape index (κ1) is 9.92. The molecule has 0 spiro atoms. The van der Waals surface area contributed by atoms with Crippen molar-refractivity contribution in [3.8, 4) is 0 Å². The smallest absolute Gasteiger partial charge is 0.169 e. The first-order chi connectivity index (χ1) is 7.02. The molecule has 0 aliphatic rings. The molecule has 0 fully saturated rings. The molecule has 0 unspecified atom stereocenters. The van der Waals surface area contributed by atoms with Gasteiger partial charge in [-0.05, 0) is 13.8 Å². The van der Waals surface area contributed by atoms with Crippen LogP contribution in [0.25, 0.3) is 5.65 Å². The SMILES string of the molecule is CC(=O)c1cnn2c(N)c(C)c(Cl)nc12. The molecule has 2 rings (SSSR count). The van der Waals surface area contributed by atoms with Gasteiger partial charge in [-0.2, -0.15) is 9.61 Å². The number of carbonyl (C=O) groups excluding carboxylic acids is 1. The Labute approximate surface area is 90.9 Å². The van der Waals surface area contributed by atoms with Crippen molar-refractivity contribution in [2.45, 2.75) is 13.8 Å². The third-order valence-corrected chi connectivity index (χ3v) is 2.62. The second-order valence-electron chi connectivity index (χ2n) is 3.26. The van der Waals surface area contributed by atoms with E-state index < -0.39 is 0 Å². The number of nitrogens with two attached hydrogens (primary N) is 1. The van der Waals surface area contributed by atoms with E-state index in [-0.39, 0.29) is 5.78 Å². The van der Waals surface area contributed by atoms with Crippen molar-refractivity contribution in [3.05, 3.63) is 22.5 Å². The third-order valence-electron chi connectivity index (χ3n) is 2.25. The second kappa shape index (κ2) is 3.20. The zero-order valence-electron chi connectivity index (χ0n) is 8.28. The number of hydrogen-bond acceptors (Lipinski definition) is 4. The van der Waals surface area contributed by atoms with Crippen LogP contribution in [-0.4, -0.2) is 20.4 Å². The van der Waals surface area contributed by atoms with Gasteiger partial charge in [-0.3, -0.25) is 4.79 Å². The lowest BCUT2D eigenvalue weighted by atomic mass is 10.2. The molecule has 2 N–H and O–H groups in total. The van der Waals surface area contributed by atoms with Crippen LogP contribution in [0.4, 0.5) is 5.82 Å². The van der Waals surface area contributed by atoms with E-state index in [1.807, 2.05) is 0 Å². The Morgan fingerprint density at radius 3 is 2.87 bits per heavy atom. The van der Waals surface area contributed by atoms with Gasteiger partial charge in [-0.25, -0.2) is 4.98 Å². The van der Waals surface area contributed by atoms with Crippen LogP contribution in [-0.2, 0) is 0 Å². The molecule has 0 atom stereocenters. The summed E-state index contributed by atoms with van der Waals surface area (Å²) in [6.45, 7) is 3.20. The summed E-state index contributed by atoms with van der Waals surface area (Å²) in [6, 6.07) is 0. The van der Waals surface area contributed by atoms with E-state index in [0.717, 1.165) is 0 Å². The molecule has 0 aliphatic carbocycles. The number of fused-ring (bicyclic) bond motifs is 1. The number of anilines is 1. The third kappa shape index (κ3) is 1.35. The minimum atomic E-state index is -0.114. The number of nitrogen functional groups attached to an aromatic ring is 1. The summed E-state index contributed by atoms with van der Waals surface area (Å²) < 4.78 is 1.41. The van der Waals surface area contributed by atoms with Crippen molar-refractivity contribution in [3.63, 3.8) is 0 Å². The molecule has 0 aliphatic heterocycles. The highest BCUT2D eigenvalue weighted by atomic mass is 35.5. The zero-order chi connectivity index (χ0) is 11.2. The summed E-state index contributed by atoms with van der Waals surface area (Å²) >= 11 is 5.88. The number of hydrogen-bond donors (Lipinski definition) is 1. The maximum Gasteiger partial charge on any atom is 0.169 e. The second-order valence-corrected chi connectivity index (χ2v) is 3.62. The van der Waals surface area contributed by atoms with Gasteiger partial charge < -0.3 is 5.73 Å². The molecule has 2 heterocycles. The largest absolute Gasteiger partial charge is 0.383 e. The summed E-state index contributed by atoms with van der Waals surface area (Å²) in [5, 5.41) is 4.29. The topological polar surface area (TPSA) is 73.3 Å². The Bertz CT molecular complexity index is 561. The molecular weight excluding hydrogens is 216 g/mol. The number of aromatic nitrogens is 3. The summed E-state index contributed by atoms with van der Waals surface area (Å²) in [4.78, 5) is 15.3.